The first kappa shape index (κ1) is 15.0. The first-order valence-electron chi connectivity index (χ1n) is 7.47. The van der Waals surface area contributed by atoms with Crippen LogP contribution in [-0.2, 0) is 0 Å². The lowest BCUT2D eigenvalue weighted by atomic mass is 10.0. The minimum absolute atomic E-state index is 0.138. The topological polar surface area (TPSA) is 65.2 Å². The minimum Gasteiger partial charge on any atom is -0.486 e. The molecule has 1 heterocycles. The summed E-state index contributed by atoms with van der Waals surface area (Å²) in [6.07, 6.45) is -0.138. The van der Waals surface area contributed by atoms with E-state index in [1.165, 1.54) is 0 Å². The number of aromatic nitrogens is 1. The van der Waals surface area contributed by atoms with Crippen LogP contribution in [0.15, 0.2) is 54.6 Å². The maximum atomic E-state index is 11.1. The molecule has 116 valence electrons. The molecule has 0 spiro atoms. The van der Waals surface area contributed by atoms with Gasteiger partial charge in [-0.2, -0.15) is 0 Å². The van der Waals surface area contributed by atoms with Crippen molar-refractivity contribution in [1.29, 1.82) is 0 Å². The Morgan fingerprint density at radius 2 is 1.83 bits per heavy atom. The number of nitrogens with two attached hydrogens (primary N) is 1. The molecule has 1 aromatic heterocycles. The minimum atomic E-state index is -0.444. The van der Waals surface area contributed by atoms with Gasteiger partial charge < -0.3 is 10.5 Å². The van der Waals surface area contributed by atoms with Crippen LogP contribution >= 0.6 is 0 Å². The van der Waals surface area contributed by atoms with Gasteiger partial charge in [0.2, 0.25) is 5.91 Å². The van der Waals surface area contributed by atoms with Gasteiger partial charge in [0.1, 0.15) is 11.9 Å². The summed E-state index contributed by atoms with van der Waals surface area (Å²) in [5, 5.41) is 1.08. The summed E-state index contributed by atoms with van der Waals surface area (Å²) in [4.78, 5) is 15.7. The number of rotatable bonds is 4. The molecule has 2 N–H and O–H groups in total. The van der Waals surface area contributed by atoms with E-state index in [0.717, 1.165) is 22.2 Å². The predicted molar refractivity (Wildman–Crippen MR) is 90.5 cm³/mol. The summed E-state index contributed by atoms with van der Waals surface area (Å²) >= 11 is 0. The number of hydrogen-bond donors (Lipinski definition) is 1. The Morgan fingerprint density at radius 1 is 1.13 bits per heavy atom. The average Bonchev–Trinajstić information content (AvgIpc) is 2.54. The maximum Gasteiger partial charge on any atom is 0.248 e. The zero-order valence-corrected chi connectivity index (χ0v) is 13.1. The van der Waals surface area contributed by atoms with Crippen LogP contribution in [0.2, 0.25) is 0 Å². The second-order valence-corrected chi connectivity index (χ2v) is 5.52. The quantitative estimate of drug-likeness (QED) is 0.797. The number of benzene rings is 2. The van der Waals surface area contributed by atoms with E-state index in [2.05, 4.69) is 4.98 Å². The van der Waals surface area contributed by atoms with E-state index >= 15 is 0 Å². The number of hydrogen-bond acceptors (Lipinski definition) is 3. The average molecular weight is 306 g/mol. The molecule has 0 saturated heterocycles. The molecule has 4 heteroatoms. The summed E-state index contributed by atoms with van der Waals surface area (Å²) < 4.78 is 6.02. The lowest BCUT2D eigenvalue weighted by Crippen LogP contribution is -2.10. The summed E-state index contributed by atoms with van der Waals surface area (Å²) in [5.74, 6) is 0.251. The first-order chi connectivity index (χ1) is 11.0. The van der Waals surface area contributed by atoms with Gasteiger partial charge in [0.25, 0.3) is 0 Å². The van der Waals surface area contributed by atoms with Crippen LogP contribution < -0.4 is 10.5 Å². The van der Waals surface area contributed by atoms with Crippen molar-refractivity contribution in [3.05, 3.63) is 71.4 Å². The molecule has 2 aromatic carbocycles. The van der Waals surface area contributed by atoms with Crippen molar-refractivity contribution >= 4 is 16.8 Å². The van der Waals surface area contributed by atoms with Crippen molar-refractivity contribution < 1.29 is 9.53 Å². The Morgan fingerprint density at radius 3 is 2.52 bits per heavy atom. The molecule has 0 bridgehead atoms. The Kier molecular flexibility index (Phi) is 3.98. The first-order valence-corrected chi connectivity index (χ1v) is 7.47. The van der Waals surface area contributed by atoms with Crippen LogP contribution in [-0.4, -0.2) is 10.9 Å². The number of ether oxygens (including phenoxy) is 1. The van der Waals surface area contributed by atoms with Crippen molar-refractivity contribution in [1.82, 2.24) is 4.98 Å². The molecule has 1 unspecified atom stereocenters. The molecule has 0 saturated carbocycles. The molecule has 0 aliphatic carbocycles. The second-order valence-electron chi connectivity index (χ2n) is 5.52. The van der Waals surface area contributed by atoms with Crippen LogP contribution in [0.1, 0.15) is 34.6 Å². The number of carbonyl (C=O) groups is 1. The van der Waals surface area contributed by atoms with Gasteiger partial charge in [0.15, 0.2) is 0 Å². The third-order valence-corrected chi connectivity index (χ3v) is 3.77. The summed E-state index contributed by atoms with van der Waals surface area (Å²) in [5.41, 5.74) is 8.72. The van der Waals surface area contributed by atoms with Gasteiger partial charge >= 0.3 is 0 Å². The third kappa shape index (κ3) is 3.16. The third-order valence-electron chi connectivity index (χ3n) is 3.77. The van der Waals surface area contributed by atoms with E-state index in [1.54, 1.807) is 24.3 Å². The molecule has 3 aromatic rings. The number of para-hydroxylation sites is 1. The highest BCUT2D eigenvalue weighted by molar-refractivity contribution is 5.92. The van der Waals surface area contributed by atoms with Crippen LogP contribution in [0.3, 0.4) is 0 Å². The molecule has 0 aliphatic heterocycles. The van der Waals surface area contributed by atoms with Crippen LogP contribution in [0.5, 0.6) is 5.75 Å². The van der Waals surface area contributed by atoms with Crippen LogP contribution in [0.25, 0.3) is 10.9 Å². The number of aryl methyl sites for hydroxylation is 1. The number of pyridine rings is 1. The standard InChI is InChI=1S/C19H18N2O2/c1-12-11-17(16-5-3-4-6-18(16)21-12)13(2)23-15-9-7-14(8-10-15)19(20)22/h3-11,13H,1-2H3,(H2,20,22). The van der Waals surface area contributed by atoms with Gasteiger partial charge in [0, 0.05) is 22.2 Å². The molecular weight excluding hydrogens is 288 g/mol. The molecule has 0 fully saturated rings. The summed E-state index contributed by atoms with van der Waals surface area (Å²) in [6.45, 7) is 3.98. The van der Waals surface area contributed by atoms with Gasteiger partial charge in [-0.1, -0.05) is 18.2 Å². The van der Waals surface area contributed by atoms with Crippen molar-refractivity contribution in [2.24, 2.45) is 5.73 Å². The molecule has 3 rings (SSSR count). The smallest absolute Gasteiger partial charge is 0.248 e. The zero-order chi connectivity index (χ0) is 16.4. The lowest BCUT2D eigenvalue weighted by Gasteiger charge is -2.17. The highest BCUT2D eigenvalue weighted by Gasteiger charge is 2.13. The fourth-order valence-corrected chi connectivity index (χ4v) is 2.64. The fraction of sp³-hybridized carbons (Fsp3) is 0.158. The highest BCUT2D eigenvalue weighted by atomic mass is 16.5. The van der Waals surface area contributed by atoms with Gasteiger partial charge in [-0.05, 0) is 50.2 Å². The van der Waals surface area contributed by atoms with Gasteiger partial charge in [-0.25, -0.2) is 0 Å². The van der Waals surface area contributed by atoms with Crippen molar-refractivity contribution in [3.63, 3.8) is 0 Å². The number of fused-ring (bicyclic) bond motifs is 1. The maximum absolute atomic E-state index is 11.1. The van der Waals surface area contributed by atoms with Gasteiger partial charge in [-0.3, -0.25) is 9.78 Å². The largest absolute Gasteiger partial charge is 0.486 e. The lowest BCUT2D eigenvalue weighted by molar-refractivity contribution is 0.1000. The van der Waals surface area contributed by atoms with Crippen molar-refractivity contribution in [2.75, 3.05) is 0 Å². The number of primary amides is 1. The number of amides is 1. The van der Waals surface area contributed by atoms with Crippen LogP contribution in [0.4, 0.5) is 0 Å². The molecule has 0 radical (unpaired) electrons. The van der Waals surface area contributed by atoms with Crippen molar-refractivity contribution in [3.8, 4) is 5.75 Å². The van der Waals surface area contributed by atoms with E-state index in [0.29, 0.717) is 11.3 Å². The Labute approximate surface area is 134 Å². The molecule has 4 nitrogen and oxygen atoms in total. The highest BCUT2D eigenvalue weighted by Crippen LogP contribution is 2.28. The Hall–Kier alpha value is -2.88. The Balaban J connectivity index is 1.91. The molecular formula is C19H18N2O2. The normalized spacial score (nSPS) is 12.1. The Bertz CT molecular complexity index is 857. The van der Waals surface area contributed by atoms with Crippen molar-refractivity contribution in [2.45, 2.75) is 20.0 Å². The fourth-order valence-electron chi connectivity index (χ4n) is 2.64. The van der Waals surface area contributed by atoms with E-state index < -0.39 is 5.91 Å². The van der Waals surface area contributed by atoms with E-state index in [1.807, 2.05) is 44.2 Å². The molecule has 1 atom stereocenters. The van der Waals surface area contributed by atoms with Gasteiger partial charge in [0.05, 0.1) is 5.52 Å². The van der Waals surface area contributed by atoms with E-state index in [9.17, 15) is 4.79 Å². The molecule has 1 amide bonds. The SMILES string of the molecule is Cc1cc(C(C)Oc2ccc(C(N)=O)cc2)c2ccccc2n1. The zero-order valence-electron chi connectivity index (χ0n) is 13.1. The van der Waals surface area contributed by atoms with E-state index in [4.69, 9.17) is 10.5 Å². The second kappa shape index (κ2) is 6.08. The van der Waals surface area contributed by atoms with Crippen LogP contribution in [0, 0.1) is 6.92 Å². The number of carbonyl (C=O) groups excluding carboxylic acids is 1. The van der Waals surface area contributed by atoms with Gasteiger partial charge in [-0.15, -0.1) is 0 Å². The predicted octanol–water partition coefficient (Wildman–Crippen LogP) is 3.78. The monoisotopic (exact) mass is 306 g/mol. The summed E-state index contributed by atoms with van der Waals surface area (Å²) in [6, 6.07) is 16.9. The molecule has 23 heavy (non-hydrogen) atoms. The van der Waals surface area contributed by atoms with E-state index in [-0.39, 0.29) is 6.10 Å². The molecule has 0 aliphatic rings. The number of nitrogens with zero attached hydrogens (tertiary/aromatic N) is 1. The summed E-state index contributed by atoms with van der Waals surface area (Å²) in [7, 11) is 0.